The summed E-state index contributed by atoms with van der Waals surface area (Å²) in [5.41, 5.74) is -2.15. The third-order valence-electron chi connectivity index (χ3n) is 6.52. The molecule has 1 fully saturated rings. The monoisotopic (exact) mass is 584 g/mol. The van der Waals surface area contributed by atoms with E-state index in [4.69, 9.17) is 14.2 Å². The first-order chi connectivity index (χ1) is 19.2. The van der Waals surface area contributed by atoms with Crippen LogP contribution in [0.1, 0.15) is 33.3 Å². The number of carbonyl (C=O) groups is 2. The minimum Gasteiger partial charge on any atom is -0.459 e. The minimum atomic E-state index is -2.73. The van der Waals surface area contributed by atoms with E-state index in [1.54, 1.807) is 61.0 Å². The highest BCUT2D eigenvalue weighted by Gasteiger charge is 2.68. The lowest BCUT2D eigenvalue weighted by atomic mass is 9.89. The summed E-state index contributed by atoms with van der Waals surface area (Å²) in [6.45, 7) is 0.542. The maximum Gasteiger partial charge on any atom is 0.338 e. The number of ether oxygens (including phenoxy) is 3. The highest BCUT2D eigenvalue weighted by atomic mass is 32.2. The Morgan fingerprint density at radius 2 is 1.68 bits per heavy atom. The number of aromatic nitrogens is 4. The standard InChI is InChI=1S/C27H25FN4O6S2/c1-26(28)20(37-24(34)17-12-8-5-9-13-17)18(15-36-23(33)16-10-6-4-7-11-16)38-27(26,35)19-14-29-21-22(39-2)30-25(40-3)31-32(19)21/h4-14,18,20,35H,15H2,1-3H3/t18-,20-,26-,27?/m1/s1. The van der Waals surface area contributed by atoms with Gasteiger partial charge in [0.25, 0.3) is 5.79 Å². The molecule has 5 rings (SSSR count). The van der Waals surface area contributed by atoms with Gasteiger partial charge in [-0.2, -0.15) is 0 Å². The van der Waals surface area contributed by atoms with Crippen LogP contribution in [0.3, 0.4) is 0 Å². The Morgan fingerprint density at radius 3 is 2.27 bits per heavy atom. The van der Waals surface area contributed by atoms with Gasteiger partial charge in [-0.25, -0.2) is 28.5 Å². The Hall–Kier alpha value is -3.52. The van der Waals surface area contributed by atoms with Gasteiger partial charge in [-0.15, -0.1) is 16.9 Å². The van der Waals surface area contributed by atoms with Crippen LogP contribution < -0.4 is 0 Å². The fourth-order valence-corrected chi connectivity index (χ4v) is 5.32. The second kappa shape index (κ2) is 11.2. The SMILES string of the molecule is CSc1nc(SC)c2ncc(C3(O)O[C@H](COC(=O)c4ccccc4)[C@@H](OC(=O)c4ccccc4)[C@@]3(C)F)n2n1. The number of hydrogen-bond donors (Lipinski definition) is 1. The highest BCUT2D eigenvalue weighted by Crippen LogP contribution is 2.49. The van der Waals surface area contributed by atoms with E-state index in [-0.39, 0.29) is 22.5 Å². The number of rotatable bonds is 8. The number of halogens is 1. The van der Waals surface area contributed by atoms with Crippen molar-refractivity contribution in [3.05, 3.63) is 83.7 Å². The second-order valence-corrected chi connectivity index (χ2v) is 10.6. The summed E-state index contributed by atoms with van der Waals surface area (Å²) in [5, 5.41) is 17.1. The average molecular weight is 585 g/mol. The van der Waals surface area contributed by atoms with Crippen molar-refractivity contribution in [3.8, 4) is 0 Å². The van der Waals surface area contributed by atoms with E-state index in [0.29, 0.717) is 10.2 Å². The number of benzene rings is 2. The van der Waals surface area contributed by atoms with Gasteiger partial charge in [0.05, 0.1) is 17.3 Å². The molecule has 0 aliphatic carbocycles. The van der Waals surface area contributed by atoms with Gasteiger partial charge in [-0.3, -0.25) is 0 Å². The lowest BCUT2D eigenvalue weighted by Gasteiger charge is -2.32. The van der Waals surface area contributed by atoms with Crippen molar-refractivity contribution >= 4 is 41.1 Å². The summed E-state index contributed by atoms with van der Waals surface area (Å²) in [5.74, 6) is -4.22. The zero-order valence-electron chi connectivity index (χ0n) is 21.7. The molecule has 13 heteroatoms. The van der Waals surface area contributed by atoms with E-state index >= 15 is 4.39 Å². The summed E-state index contributed by atoms with van der Waals surface area (Å²) >= 11 is 2.56. The Bertz CT molecular complexity index is 1540. The quantitative estimate of drug-likeness (QED) is 0.239. The van der Waals surface area contributed by atoms with Gasteiger partial charge in [0.2, 0.25) is 10.8 Å². The molecule has 1 saturated heterocycles. The minimum absolute atomic E-state index is 0.141. The van der Waals surface area contributed by atoms with Gasteiger partial charge in [0.1, 0.15) is 23.4 Å². The predicted molar refractivity (Wildman–Crippen MR) is 145 cm³/mol. The molecule has 0 saturated carbocycles. The molecule has 3 heterocycles. The number of nitrogens with zero attached hydrogens (tertiary/aromatic N) is 4. The number of fused-ring (bicyclic) bond motifs is 1. The Morgan fingerprint density at radius 1 is 1.05 bits per heavy atom. The first-order valence-electron chi connectivity index (χ1n) is 12.1. The number of imidazole rings is 1. The van der Waals surface area contributed by atoms with Gasteiger partial charge in [0.15, 0.2) is 11.8 Å². The van der Waals surface area contributed by atoms with Crippen LogP contribution in [0.15, 0.2) is 77.0 Å². The largest absolute Gasteiger partial charge is 0.459 e. The Balaban J connectivity index is 1.53. The molecule has 208 valence electrons. The maximum atomic E-state index is 16.9. The zero-order valence-corrected chi connectivity index (χ0v) is 23.3. The van der Waals surface area contributed by atoms with E-state index in [1.165, 1.54) is 46.4 Å². The molecule has 40 heavy (non-hydrogen) atoms. The van der Waals surface area contributed by atoms with Crippen LogP contribution in [0.2, 0.25) is 0 Å². The van der Waals surface area contributed by atoms with Crippen molar-refractivity contribution in [2.75, 3.05) is 19.1 Å². The molecule has 2 aromatic carbocycles. The number of alkyl halides is 1. The van der Waals surface area contributed by atoms with Gasteiger partial charge in [-0.05, 0) is 43.7 Å². The van der Waals surface area contributed by atoms with E-state index in [1.807, 2.05) is 0 Å². The van der Waals surface area contributed by atoms with Gasteiger partial charge < -0.3 is 19.3 Å². The first-order valence-corrected chi connectivity index (χ1v) is 14.6. The summed E-state index contributed by atoms with van der Waals surface area (Å²) in [6, 6.07) is 16.2. The predicted octanol–water partition coefficient (Wildman–Crippen LogP) is 3.92. The summed E-state index contributed by atoms with van der Waals surface area (Å²) in [6.07, 6.45) is 1.75. The number of aliphatic hydroxyl groups is 1. The molecule has 4 aromatic rings. The summed E-state index contributed by atoms with van der Waals surface area (Å²) in [7, 11) is 0. The molecule has 0 amide bonds. The van der Waals surface area contributed by atoms with E-state index in [2.05, 4.69) is 15.1 Å². The first kappa shape index (κ1) is 28.0. The third-order valence-corrected chi connectivity index (χ3v) is 7.72. The summed E-state index contributed by atoms with van der Waals surface area (Å²) in [4.78, 5) is 34.3. The lowest BCUT2D eigenvalue weighted by Crippen LogP contribution is -2.51. The van der Waals surface area contributed by atoms with Gasteiger partial charge in [-0.1, -0.05) is 48.2 Å². The topological polar surface area (TPSA) is 125 Å². The zero-order chi connectivity index (χ0) is 28.5. The number of hydrogen-bond acceptors (Lipinski definition) is 11. The van der Waals surface area contributed by atoms with E-state index in [0.717, 1.165) is 6.92 Å². The fourth-order valence-electron chi connectivity index (χ4n) is 4.42. The van der Waals surface area contributed by atoms with Crippen LogP contribution in [-0.4, -0.2) is 73.6 Å². The van der Waals surface area contributed by atoms with Crippen molar-refractivity contribution in [2.45, 2.75) is 40.8 Å². The molecule has 1 aliphatic rings. The third kappa shape index (κ3) is 4.94. The molecule has 0 bridgehead atoms. The molecule has 2 aromatic heterocycles. The molecule has 1 aliphatic heterocycles. The fraction of sp³-hybridized carbons (Fsp3) is 0.296. The number of carbonyl (C=O) groups excluding carboxylic acids is 2. The lowest BCUT2D eigenvalue weighted by molar-refractivity contribution is -0.256. The van der Waals surface area contributed by atoms with Crippen molar-refractivity contribution in [2.24, 2.45) is 0 Å². The van der Waals surface area contributed by atoms with Gasteiger partial charge >= 0.3 is 11.9 Å². The van der Waals surface area contributed by atoms with E-state index < -0.39 is 42.2 Å². The van der Waals surface area contributed by atoms with Crippen LogP contribution in [0, 0.1) is 0 Å². The van der Waals surface area contributed by atoms with Crippen molar-refractivity contribution in [1.29, 1.82) is 0 Å². The number of esters is 2. The van der Waals surface area contributed by atoms with Crippen LogP contribution in [0.5, 0.6) is 0 Å². The molecule has 10 nitrogen and oxygen atoms in total. The molecule has 1 N–H and O–H groups in total. The van der Waals surface area contributed by atoms with Crippen LogP contribution in [0.4, 0.5) is 4.39 Å². The van der Waals surface area contributed by atoms with Crippen LogP contribution in [0.25, 0.3) is 5.65 Å². The van der Waals surface area contributed by atoms with Crippen molar-refractivity contribution in [3.63, 3.8) is 0 Å². The van der Waals surface area contributed by atoms with Crippen molar-refractivity contribution in [1.82, 2.24) is 19.6 Å². The van der Waals surface area contributed by atoms with Crippen LogP contribution >= 0.6 is 23.5 Å². The Labute approximate surface area is 237 Å². The van der Waals surface area contributed by atoms with E-state index in [9.17, 15) is 14.7 Å². The smallest absolute Gasteiger partial charge is 0.338 e. The van der Waals surface area contributed by atoms with Crippen molar-refractivity contribution < 1.29 is 33.3 Å². The molecular formula is C27H25FN4O6S2. The average Bonchev–Trinajstić information content (AvgIpc) is 3.49. The normalized spacial score (nSPS) is 24.2. The number of thioether (sulfide) groups is 2. The van der Waals surface area contributed by atoms with Crippen LogP contribution in [-0.2, 0) is 20.0 Å². The van der Waals surface area contributed by atoms with Gasteiger partial charge in [0, 0.05) is 0 Å². The molecule has 1 unspecified atom stereocenters. The summed E-state index contributed by atoms with van der Waals surface area (Å²) < 4.78 is 35.0. The molecular weight excluding hydrogens is 559 g/mol. The maximum absolute atomic E-state index is 16.9. The molecule has 0 radical (unpaired) electrons. The Kier molecular flexibility index (Phi) is 7.82. The molecule has 4 atom stereocenters. The highest BCUT2D eigenvalue weighted by molar-refractivity contribution is 7.99. The molecule has 0 spiro atoms. The second-order valence-electron chi connectivity index (χ2n) is 9.02.